The summed E-state index contributed by atoms with van der Waals surface area (Å²) < 4.78 is 11.4. The van der Waals surface area contributed by atoms with E-state index < -0.39 is 11.7 Å². The van der Waals surface area contributed by atoms with Gasteiger partial charge in [0.15, 0.2) is 6.10 Å². The summed E-state index contributed by atoms with van der Waals surface area (Å²) in [5.74, 6) is 0.211. The first-order valence-corrected chi connectivity index (χ1v) is 9.67. The smallest absolute Gasteiger partial charge is 0.339 e. The molecule has 0 radical (unpaired) electrons. The van der Waals surface area contributed by atoms with Gasteiger partial charge in [0.05, 0.1) is 12.7 Å². The predicted molar refractivity (Wildman–Crippen MR) is 109 cm³/mol. The number of rotatable bonds is 5. The fourth-order valence-electron chi connectivity index (χ4n) is 3.54. The number of benzene rings is 2. The molecule has 0 spiro atoms. The number of ether oxygens (including phenoxy) is 2. The fraction of sp³-hybridized carbons (Fsp3) is 0.458. The maximum atomic E-state index is 12.7. The van der Waals surface area contributed by atoms with Crippen LogP contribution in [0.15, 0.2) is 36.4 Å². The maximum absolute atomic E-state index is 12.7. The van der Waals surface area contributed by atoms with Crippen LogP contribution in [0.2, 0.25) is 0 Å². The van der Waals surface area contributed by atoms with Gasteiger partial charge in [0.1, 0.15) is 0 Å². The molecule has 3 rings (SSSR count). The third kappa shape index (κ3) is 4.41. The first kappa shape index (κ1) is 19.6. The van der Waals surface area contributed by atoms with Crippen molar-refractivity contribution in [1.29, 1.82) is 0 Å². The lowest BCUT2D eigenvalue weighted by atomic mass is 9.86. The van der Waals surface area contributed by atoms with Crippen LogP contribution >= 0.6 is 0 Å². The van der Waals surface area contributed by atoms with Crippen molar-refractivity contribution in [2.24, 2.45) is 0 Å². The van der Waals surface area contributed by atoms with E-state index in [2.05, 4.69) is 43.3 Å². The van der Waals surface area contributed by atoms with Gasteiger partial charge in [0.25, 0.3) is 0 Å². The first-order chi connectivity index (χ1) is 12.7. The van der Waals surface area contributed by atoms with Crippen molar-refractivity contribution in [3.63, 3.8) is 0 Å². The second-order valence-corrected chi connectivity index (χ2v) is 8.53. The number of carbonyl (C=O) groups is 1. The van der Waals surface area contributed by atoms with Crippen molar-refractivity contribution in [2.75, 3.05) is 7.11 Å². The van der Waals surface area contributed by atoms with E-state index in [0.29, 0.717) is 5.92 Å². The second kappa shape index (κ2) is 7.47. The van der Waals surface area contributed by atoms with E-state index in [1.165, 1.54) is 31.1 Å². The zero-order valence-corrected chi connectivity index (χ0v) is 17.3. The van der Waals surface area contributed by atoms with Crippen LogP contribution in [-0.2, 0) is 14.3 Å². The molecule has 1 atom stereocenters. The summed E-state index contributed by atoms with van der Waals surface area (Å²) in [6.45, 7) is 10.0. The summed E-state index contributed by atoms with van der Waals surface area (Å²) in [5.41, 5.74) is 6.32. The zero-order chi connectivity index (χ0) is 19.8. The van der Waals surface area contributed by atoms with Crippen molar-refractivity contribution >= 4 is 5.97 Å². The topological polar surface area (TPSA) is 35.5 Å². The number of methoxy groups -OCH3 is 1. The first-order valence-electron chi connectivity index (χ1n) is 9.67. The van der Waals surface area contributed by atoms with E-state index in [9.17, 15) is 4.79 Å². The van der Waals surface area contributed by atoms with Gasteiger partial charge in [-0.3, -0.25) is 0 Å². The van der Waals surface area contributed by atoms with Crippen LogP contribution in [0.1, 0.15) is 67.9 Å². The molecular formula is C24H30O3. The largest absolute Gasteiger partial charge is 0.467 e. The summed E-state index contributed by atoms with van der Waals surface area (Å²) in [6.07, 6.45) is 1.65. The molecule has 0 saturated heterocycles. The summed E-state index contributed by atoms with van der Waals surface area (Å²) in [4.78, 5) is 12.7. The van der Waals surface area contributed by atoms with Gasteiger partial charge in [0, 0.05) is 5.56 Å². The number of carbonyl (C=O) groups excluding carboxylic acids is 1. The van der Waals surface area contributed by atoms with Crippen molar-refractivity contribution in [1.82, 2.24) is 0 Å². The van der Waals surface area contributed by atoms with Gasteiger partial charge in [-0.2, -0.15) is 0 Å². The minimum atomic E-state index is -0.745. The molecule has 2 aromatic rings. The van der Waals surface area contributed by atoms with Crippen LogP contribution in [0.4, 0.5) is 0 Å². The monoisotopic (exact) mass is 366 g/mol. The van der Waals surface area contributed by atoms with Crippen LogP contribution in [0.25, 0.3) is 11.1 Å². The Labute approximate surface area is 162 Å². The number of hydrogen-bond donors (Lipinski definition) is 0. The lowest BCUT2D eigenvalue weighted by Gasteiger charge is -2.29. The standard InChI is InChI=1S/C24H30O3/c1-15-7-10-18(11-8-15)21-19(17-12-13-17)14-9-16(2)20(21)22(23(25)26-6)27-24(3,4)5/h7-11,14,17,22H,12-13H2,1-6H3. The van der Waals surface area contributed by atoms with E-state index in [-0.39, 0.29) is 5.97 Å². The average molecular weight is 367 g/mol. The lowest BCUT2D eigenvalue weighted by molar-refractivity contribution is -0.164. The Morgan fingerprint density at radius 1 is 1.04 bits per heavy atom. The number of aryl methyl sites for hydroxylation is 2. The molecular weight excluding hydrogens is 336 g/mol. The van der Waals surface area contributed by atoms with Crippen LogP contribution in [0.3, 0.4) is 0 Å². The highest BCUT2D eigenvalue weighted by molar-refractivity contribution is 5.84. The Hall–Kier alpha value is -2.13. The zero-order valence-electron chi connectivity index (χ0n) is 17.3. The second-order valence-electron chi connectivity index (χ2n) is 8.53. The van der Waals surface area contributed by atoms with E-state index in [0.717, 1.165) is 22.3 Å². The van der Waals surface area contributed by atoms with E-state index in [1.807, 2.05) is 27.7 Å². The van der Waals surface area contributed by atoms with Crippen LogP contribution in [0, 0.1) is 13.8 Å². The molecule has 2 aromatic carbocycles. The van der Waals surface area contributed by atoms with Gasteiger partial charge in [-0.15, -0.1) is 0 Å². The van der Waals surface area contributed by atoms with E-state index >= 15 is 0 Å². The molecule has 0 amide bonds. The van der Waals surface area contributed by atoms with Gasteiger partial charge < -0.3 is 9.47 Å². The Morgan fingerprint density at radius 3 is 2.19 bits per heavy atom. The third-order valence-corrected chi connectivity index (χ3v) is 5.00. The molecule has 0 bridgehead atoms. The molecule has 1 unspecified atom stereocenters. The van der Waals surface area contributed by atoms with Gasteiger partial charge in [0.2, 0.25) is 0 Å². The van der Waals surface area contributed by atoms with Gasteiger partial charge in [-0.05, 0) is 75.6 Å². The Kier molecular flexibility index (Phi) is 5.43. The van der Waals surface area contributed by atoms with Gasteiger partial charge in [-0.25, -0.2) is 4.79 Å². The summed E-state index contributed by atoms with van der Waals surface area (Å²) in [7, 11) is 1.42. The van der Waals surface area contributed by atoms with Gasteiger partial charge >= 0.3 is 5.97 Å². The molecule has 3 nitrogen and oxygen atoms in total. The van der Waals surface area contributed by atoms with Crippen molar-refractivity contribution in [2.45, 2.75) is 65.1 Å². The van der Waals surface area contributed by atoms with Crippen LogP contribution < -0.4 is 0 Å². The Morgan fingerprint density at radius 2 is 1.67 bits per heavy atom. The quantitative estimate of drug-likeness (QED) is 0.620. The molecule has 0 aliphatic heterocycles. The van der Waals surface area contributed by atoms with E-state index in [4.69, 9.17) is 9.47 Å². The molecule has 0 aromatic heterocycles. The van der Waals surface area contributed by atoms with Gasteiger partial charge in [-0.1, -0.05) is 42.0 Å². The molecule has 144 valence electrons. The minimum absolute atomic E-state index is 0.352. The SMILES string of the molecule is COC(=O)C(OC(C)(C)C)c1c(C)ccc(C2CC2)c1-c1ccc(C)cc1. The molecule has 1 saturated carbocycles. The van der Waals surface area contributed by atoms with E-state index in [1.54, 1.807) is 0 Å². The molecule has 27 heavy (non-hydrogen) atoms. The highest BCUT2D eigenvalue weighted by atomic mass is 16.6. The molecule has 0 N–H and O–H groups in total. The van der Waals surface area contributed by atoms with Crippen LogP contribution in [-0.4, -0.2) is 18.7 Å². The summed E-state index contributed by atoms with van der Waals surface area (Å²) in [6, 6.07) is 12.9. The molecule has 1 fully saturated rings. The van der Waals surface area contributed by atoms with Crippen molar-refractivity contribution in [3.8, 4) is 11.1 Å². The number of hydrogen-bond acceptors (Lipinski definition) is 3. The van der Waals surface area contributed by atoms with Crippen molar-refractivity contribution in [3.05, 3.63) is 58.7 Å². The maximum Gasteiger partial charge on any atom is 0.339 e. The highest BCUT2D eigenvalue weighted by Crippen LogP contribution is 2.48. The summed E-state index contributed by atoms with van der Waals surface area (Å²) >= 11 is 0. The number of esters is 1. The normalized spacial score (nSPS) is 15.5. The molecule has 1 aliphatic rings. The summed E-state index contributed by atoms with van der Waals surface area (Å²) in [5, 5.41) is 0. The predicted octanol–water partition coefficient (Wildman–Crippen LogP) is 5.88. The lowest BCUT2D eigenvalue weighted by Crippen LogP contribution is -2.29. The third-order valence-electron chi connectivity index (χ3n) is 5.00. The Bertz CT molecular complexity index is 824. The Balaban J connectivity index is 2.24. The minimum Gasteiger partial charge on any atom is -0.467 e. The fourth-order valence-corrected chi connectivity index (χ4v) is 3.54. The average Bonchev–Trinajstić information content (AvgIpc) is 3.44. The molecule has 3 heteroatoms. The van der Waals surface area contributed by atoms with Crippen molar-refractivity contribution < 1.29 is 14.3 Å². The van der Waals surface area contributed by atoms with Crippen LogP contribution in [0.5, 0.6) is 0 Å². The molecule has 1 aliphatic carbocycles. The highest BCUT2D eigenvalue weighted by Gasteiger charge is 2.35. The molecule has 0 heterocycles.